The summed E-state index contributed by atoms with van der Waals surface area (Å²) in [6, 6.07) is 0.461. The summed E-state index contributed by atoms with van der Waals surface area (Å²) in [4.78, 5) is 18.9. The first kappa shape index (κ1) is 22.5. The molecular weight excluding hydrogens is 427 g/mol. The van der Waals surface area contributed by atoms with Gasteiger partial charge in [-0.3, -0.25) is 9.79 Å². The predicted octanol–water partition coefficient (Wildman–Crippen LogP) is 3.53. The minimum Gasteiger partial charge on any atom is -0.357 e. The van der Waals surface area contributed by atoms with Crippen molar-refractivity contribution in [2.45, 2.75) is 78.2 Å². The van der Waals surface area contributed by atoms with E-state index < -0.39 is 0 Å². The minimum absolute atomic E-state index is 0. The molecule has 1 atom stereocenters. The highest BCUT2D eigenvalue weighted by Crippen LogP contribution is 2.33. The zero-order valence-corrected chi connectivity index (χ0v) is 18.6. The Morgan fingerprint density at radius 2 is 2.08 bits per heavy atom. The third-order valence-electron chi connectivity index (χ3n) is 5.03. The molecule has 1 saturated heterocycles. The van der Waals surface area contributed by atoms with E-state index >= 15 is 0 Å². The second-order valence-corrected chi connectivity index (χ2v) is 7.77. The van der Waals surface area contributed by atoms with Gasteiger partial charge in [0.25, 0.3) is 0 Å². The quantitative estimate of drug-likeness (QED) is 0.250. The molecule has 1 amide bonds. The van der Waals surface area contributed by atoms with Gasteiger partial charge in [-0.05, 0) is 50.9 Å². The number of nitrogens with zero attached hydrogens (tertiary/aromatic N) is 2. The molecule has 1 heterocycles. The van der Waals surface area contributed by atoms with Gasteiger partial charge < -0.3 is 15.5 Å². The third-order valence-corrected chi connectivity index (χ3v) is 5.03. The van der Waals surface area contributed by atoms with Crippen molar-refractivity contribution in [2.75, 3.05) is 26.2 Å². The molecule has 2 N–H and O–H groups in total. The molecule has 2 aliphatic rings. The Hall–Kier alpha value is -0.530. The second kappa shape index (κ2) is 11.2. The number of nitrogens with one attached hydrogen (secondary N) is 2. The second-order valence-electron chi connectivity index (χ2n) is 7.77. The van der Waals surface area contributed by atoms with E-state index in [2.05, 4.69) is 36.3 Å². The van der Waals surface area contributed by atoms with Crippen molar-refractivity contribution in [1.82, 2.24) is 15.5 Å². The molecular formula is C19H37IN4O. The van der Waals surface area contributed by atoms with Gasteiger partial charge in [0.1, 0.15) is 0 Å². The minimum atomic E-state index is 0. The lowest BCUT2D eigenvalue weighted by atomic mass is 9.78. The highest BCUT2D eigenvalue weighted by atomic mass is 127. The highest BCUT2D eigenvalue weighted by molar-refractivity contribution is 14.0. The summed E-state index contributed by atoms with van der Waals surface area (Å²) in [6.45, 7) is 10.6. The van der Waals surface area contributed by atoms with Crippen LogP contribution in [-0.4, -0.2) is 49.0 Å². The Morgan fingerprint density at radius 3 is 2.72 bits per heavy atom. The van der Waals surface area contributed by atoms with E-state index in [1.807, 2.05) is 0 Å². The molecule has 1 saturated carbocycles. The Morgan fingerprint density at radius 1 is 1.32 bits per heavy atom. The van der Waals surface area contributed by atoms with Crippen LogP contribution in [0.1, 0.15) is 72.1 Å². The van der Waals surface area contributed by atoms with E-state index in [4.69, 9.17) is 4.99 Å². The topological polar surface area (TPSA) is 56.7 Å². The average molecular weight is 464 g/mol. The number of likely N-dealkylation sites (tertiary alicyclic amines) is 1. The number of halogens is 1. The number of guanidine groups is 1. The van der Waals surface area contributed by atoms with Crippen molar-refractivity contribution in [2.24, 2.45) is 10.4 Å². The predicted molar refractivity (Wildman–Crippen MR) is 116 cm³/mol. The van der Waals surface area contributed by atoms with Gasteiger partial charge in [-0.2, -0.15) is 0 Å². The van der Waals surface area contributed by atoms with Gasteiger partial charge in [0, 0.05) is 38.6 Å². The van der Waals surface area contributed by atoms with Crippen LogP contribution in [0, 0.1) is 5.41 Å². The van der Waals surface area contributed by atoms with Gasteiger partial charge in [-0.15, -0.1) is 24.0 Å². The number of rotatable bonds is 8. The van der Waals surface area contributed by atoms with Crippen LogP contribution < -0.4 is 10.6 Å². The fourth-order valence-electron chi connectivity index (χ4n) is 3.68. The van der Waals surface area contributed by atoms with Gasteiger partial charge >= 0.3 is 0 Å². The molecule has 0 bridgehead atoms. The van der Waals surface area contributed by atoms with E-state index in [-0.39, 0.29) is 29.9 Å². The van der Waals surface area contributed by atoms with Crippen LogP contribution in [0.5, 0.6) is 0 Å². The molecule has 6 heteroatoms. The Balaban J connectivity index is 0.00000312. The van der Waals surface area contributed by atoms with Crippen LogP contribution in [-0.2, 0) is 4.79 Å². The first-order chi connectivity index (χ1) is 11.6. The monoisotopic (exact) mass is 464 g/mol. The molecule has 0 aromatic carbocycles. The molecule has 0 aromatic rings. The maximum absolute atomic E-state index is 11.7. The van der Waals surface area contributed by atoms with Crippen molar-refractivity contribution in [3.05, 3.63) is 0 Å². The summed E-state index contributed by atoms with van der Waals surface area (Å²) >= 11 is 0. The number of carbonyl (C=O) groups is 1. The first-order valence-electron chi connectivity index (χ1n) is 9.89. The van der Waals surface area contributed by atoms with E-state index in [9.17, 15) is 4.79 Å². The smallest absolute Gasteiger partial charge is 0.220 e. The molecule has 2 fully saturated rings. The van der Waals surface area contributed by atoms with Crippen LogP contribution in [0.3, 0.4) is 0 Å². The Labute approximate surface area is 170 Å². The average Bonchev–Trinajstić information content (AvgIpc) is 3.34. The zero-order chi connectivity index (χ0) is 17.4. The van der Waals surface area contributed by atoms with Crippen LogP contribution in [0.25, 0.3) is 0 Å². The summed E-state index contributed by atoms with van der Waals surface area (Å²) in [7, 11) is 0. The van der Waals surface area contributed by atoms with Crippen molar-refractivity contribution < 1.29 is 4.79 Å². The Kier molecular flexibility index (Phi) is 10.1. The largest absolute Gasteiger partial charge is 0.357 e. The van der Waals surface area contributed by atoms with Gasteiger partial charge in [0.2, 0.25) is 5.91 Å². The van der Waals surface area contributed by atoms with Crippen molar-refractivity contribution in [1.29, 1.82) is 0 Å². The standard InChI is InChI=1S/C19H36N4O.HI/c1-4-11-19(3)12-7-14-23(15-19)18(20-5-2)21-13-6-8-17(24)22-16-9-10-16;/h16H,4-15H2,1-3H3,(H,20,21)(H,22,24);1H. The Bertz CT molecular complexity index is 435. The van der Waals surface area contributed by atoms with Crippen LogP contribution in [0.15, 0.2) is 4.99 Å². The summed E-state index contributed by atoms with van der Waals surface area (Å²) < 4.78 is 0. The summed E-state index contributed by atoms with van der Waals surface area (Å²) in [5.74, 6) is 1.22. The maximum Gasteiger partial charge on any atom is 0.220 e. The van der Waals surface area contributed by atoms with E-state index in [1.165, 1.54) is 25.7 Å². The molecule has 1 aliphatic heterocycles. The molecule has 25 heavy (non-hydrogen) atoms. The molecule has 1 aliphatic carbocycles. The van der Waals surface area contributed by atoms with Crippen molar-refractivity contribution in [3.8, 4) is 0 Å². The number of carbonyl (C=O) groups excluding carboxylic acids is 1. The first-order valence-corrected chi connectivity index (χ1v) is 9.89. The molecule has 0 radical (unpaired) electrons. The number of hydrogen-bond donors (Lipinski definition) is 2. The molecule has 2 rings (SSSR count). The number of hydrogen-bond acceptors (Lipinski definition) is 2. The number of amides is 1. The summed E-state index contributed by atoms with van der Waals surface area (Å²) in [5.41, 5.74) is 0.410. The lowest BCUT2D eigenvalue weighted by molar-refractivity contribution is -0.121. The SMILES string of the molecule is CCCC1(C)CCCN(C(=NCCCC(=O)NC2CC2)NCC)C1.I. The lowest BCUT2D eigenvalue weighted by Gasteiger charge is -2.42. The molecule has 0 aromatic heterocycles. The molecule has 1 unspecified atom stereocenters. The molecule has 5 nitrogen and oxygen atoms in total. The van der Waals surface area contributed by atoms with Gasteiger partial charge in [0.05, 0.1) is 0 Å². The fraction of sp³-hybridized carbons (Fsp3) is 0.895. The number of aliphatic imine (C=N–C) groups is 1. The third kappa shape index (κ3) is 8.13. The van der Waals surface area contributed by atoms with E-state index in [0.717, 1.165) is 51.4 Å². The normalized spacial score (nSPS) is 23.8. The van der Waals surface area contributed by atoms with Crippen molar-refractivity contribution in [3.63, 3.8) is 0 Å². The van der Waals surface area contributed by atoms with Crippen LogP contribution in [0.2, 0.25) is 0 Å². The number of piperidine rings is 1. The van der Waals surface area contributed by atoms with E-state index in [0.29, 0.717) is 17.9 Å². The maximum atomic E-state index is 11.7. The van der Waals surface area contributed by atoms with Crippen LogP contribution >= 0.6 is 24.0 Å². The molecule has 0 spiro atoms. The zero-order valence-electron chi connectivity index (χ0n) is 16.3. The highest BCUT2D eigenvalue weighted by Gasteiger charge is 2.31. The van der Waals surface area contributed by atoms with Crippen molar-refractivity contribution >= 4 is 35.8 Å². The fourth-order valence-corrected chi connectivity index (χ4v) is 3.68. The molecule has 146 valence electrons. The van der Waals surface area contributed by atoms with Gasteiger partial charge in [-0.1, -0.05) is 20.3 Å². The van der Waals surface area contributed by atoms with Crippen LogP contribution in [0.4, 0.5) is 0 Å². The van der Waals surface area contributed by atoms with Gasteiger partial charge in [0.15, 0.2) is 5.96 Å². The lowest BCUT2D eigenvalue weighted by Crippen LogP contribution is -2.49. The van der Waals surface area contributed by atoms with E-state index in [1.54, 1.807) is 0 Å². The summed E-state index contributed by atoms with van der Waals surface area (Å²) in [6.07, 6.45) is 8.81. The summed E-state index contributed by atoms with van der Waals surface area (Å²) in [5, 5.41) is 6.48. The van der Waals surface area contributed by atoms with Gasteiger partial charge in [-0.25, -0.2) is 0 Å².